The van der Waals surface area contributed by atoms with Gasteiger partial charge in [-0.3, -0.25) is 14.7 Å². The molecule has 4 rings (SSSR count). The van der Waals surface area contributed by atoms with Crippen LogP contribution in [0.4, 0.5) is 0 Å². The van der Waals surface area contributed by atoms with Crippen LogP contribution in [0.25, 0.3) is 0 Å². The molecule has 5 heteroatoms. The van der Waals surface area contributed by atoms with Gasteiger partial charge in [-0.05, 0) is 55.7 Å². The second-order valence-electron chi connectivity index (χ2n) is 9.50. The minimum Gasteiger partial charge on any atom is -0.351 e. The molecule has 1 fully saturated rings. The van der Waals surface area contributed by atoms with Crippen molar-refractivity contribution in [2.75, 3.05) is 13.1 Å². The van der Waals surface area contributed by atoms with Gasteiger partial charge in [0.2, 0.25) is 5.91 Å². The number of nitrogens with one attached hydrogen (secondary N) is 2. The van der Waals surface area contributed by atoms with E-state index in [1.165, 1.54) is 23.1 Å². The van der Waals surface area contributed by atoms with E-state index in [1.54, 1.807) is 12.4 Å². The number of pyridine rings is 1. The lowest BCUT2D eigenvalue weighted by Crippen LogP contribution is -2.42. The van der Waals surface area contributed by atoms with E-state index in [0.717, 1.165) is 44.5 Å². The number of aromatic nitrogens is 1. The molecule has 0 unspecified atom stereocenters. The number of rotatable bonds is 9. The molecular formula is C28H36N4O. The molecule has 0 saturated carbocycles. The van der Waals surface area contributed by atoms with Crippen molar-refractivity contribution in [1.29, 1.82) is 0 Å². The van der Waals surface area contributed by atoms with Gasteiger partial charge in [0.05, 0.1) is 6.04 Å². The van der Waals surface area contributed by atoms with Crippen LogP contribution in [0, 0.1) is 5.92 Å². The molecule has 0 bridgehead atoms. The summed E-state index contributed by atoms with van der Waals surface area (Å²) in [5.74, 6) is 0.731. The second-order valence-corrected chi connectivity index (χ2v) is 9.50. The van der Waals surface area contributed by atoms with Crippen LogP contribution in [0.1, 0.15) is 43.7 Å². The number of nitrogens with zero attached hydrogens (tertiary/aromatic N) is 2. The minimum absolute atomic E-state index is 0.0975. The summed E-state index contributed by atoms with van der Waals surface area (Å²) in [6, 6.07) is 14.5. The van der Waals surface area contributed by atoms with Gasteiger partial charge in [0.25, 0.3) is 0 Å². The van der Waals surface area contributed by atoms with Gasteiger partial charge < -0.3 is 10.6 Å². The third-order valence-electron chi connectivity index (χ3n) is 6.94. The largest absolute Gasteiger partial charge is 0.351 e. The standard InChI is InChI=1S/C28H36N4O/c1-21(2)25-12-10-22(11-13-25)17-30-26-15-27(28(33)31-18-24-9-6-14-29-16-24)32(20-26)19-23-7-4-3-5-8-23/h3-10,14,16,25-27,30H,1,11-13,15,17-20H2,2H3,(H,31,33)/t25-,26+,27+/m1/s1. The predicted octanol–water partition coefficient (Wildman–Crippen LogP) is 4.23. The van der Waals surface area contributed by atoms with Crippen LogP contribution in [0.15, 0.2) is 78.7 Å². The monoisotopic (exact) mass is 444 g/mol. The molecule has 33 heavy (non-hydrogen) atoms. The van der Waals surface area contributed by atoms with E-state index < -0.39 is 0 Å². The summed E-state index contributed by atoms with van der Waals surface area (Å²) >= 11 is 0. The van der Waals surface area contributed by atoms with Crippen molar-refractivity contribution >= 4 is 5.91 Å². The summed E-state index contributed by atoms with van der Waals surface area (Å²) in [7, 11) is 0. The molecule has 0 spiro atoms. The molecule has 2 N–H and O–H groups in total. The third-order valence-corrected chi connectivity index (χ3v) is 6.94. The van der Waals surface area contributed by atoms with Crippen molar-refractivity contribution < 1.29 is 4.79 Å². The summed E-state index contributed by atoms with van der Waals surface area (Å²) in [6.45, 7) is 9.35. The van der Waals surface area contributed by atoms with Crippen LogP contribution in [0.3, 0.4) is 0 Å². The average molecular weight is 445 g/mol. The molecule has 174 valence electrons. The summed E-state index contributed by atoms with van der Waals surface area (Å²) in [6.07, 6.45) is 10.2. The smallest absolute Gasteiger partial charge is 0.237 e. The number of benzene rings is 1. The lowest BCUT2D eigenvalue weighted by Gasteiger charge is -2.24. The van der Waals surface area contributed by atoms with Crippen molar-refractivity contribution in [3.8, 4) is 0 Å². The van der Waals surface area contributed by atoms with Gasteiger partial charge in [-0.15, -0.1) is 0 Å². The molecular weight excluding hydrogens is 408 g/mol. The van der Waals surface area contributed by atoms with Gasteiger partial charge in [-0.25, -0.2) is 0 Å². The van der Waals surface area contributed by atoms with E-state index in [4.69, 9.17) is 0 Å². The molecule has 2 aromatic rings. The first-order valence-corrected chi connectivity index (χ1v) is 12.1. The highest BCUT2D eigenvalue weighted by Crippen LogP contribution is 2.28. The molecule has 1 aromatic heterocycles. The van der Waals surface area contributed by atoms with Gasteiger partial charge in [0, 0.05) is 44.6 Å². The van der Waals surface area contributed by atoms with Gasteiger partial charge in [-0.1, -0.05) is 60.2 Å². The Morgan fingerprint density at radius 2 is 1.97 bits per heavy atom. The maximum atomic E-state index is 13.2. The summed E-state index contributed by atoms with van der Waals surface area (Å²) in [5, 5.41) is 6.88. The number of hydrogen-bond acceptors (Lipinski definition) is 4. The normalized spacial score (nSPS) is 23.2. The number of hydrogen-bond donors (Lipinski definition) is 2. The summed E-state index contributed by atoms with van der Waals surface area (Å²) < 4.78 is 0. The lowest BCUT2D eigenvalue weighted by atomic mass is 9.85. The highest BCUT2D eigenvalue weighted by molar-refractivity contribution is 5.82. The second kappa shape index (κ2) is 11.4. The molecule has 0 radical (unpaired) electrons. The molecule has 3 atom stereocenters. The van der Waals surface area contributed by atoms with Crippen LogP contribution in [0.5, 0.6) is 0 Å². The molecule has 2 aliphatic rings. The third kappa shape index (κ3) is 6.62. The van der Waals surface area contributed by atoms with Crippen molar-refractivity contribution in [2.24, 2.45) is 5.92 Å². The Kier molecular flexibility index (Phi) is 8.08. The fourth-order valence-electron chi connectivity index (χ4n) is 4.90. The number of likely N-dealkylation sites (tertiary alicyclic amines) is 1. The Balaban J connectivity index is 1.36. The Labute approximate surface area is 198 Å². The zero-order valence-corrected chi connectivity index (χ0v) is 19.7. The van der Waals surface area contributed by atoms with E-state index >= 15 is 0 Å². The van der Waals surface area contributed by atoms with Crippen LogP contribution >= 0.6 is 0 Å². The van der Waals surface area contributed by atoms with E-state index in [9.17, 15) is 4.79 Å². The quantitative estimate of drug-likeness (QED) is 0.568. The van der Waals surface area contributed by atoms with E-state index in [1.807, 2.05) is 18.2 Å². The Morgan fingerprint density at radius 1 is 1.15 bits per heavy atom. The number of amides is 1. The SMILES string of the molecule is C=C(C)[C@@H]1CC=C(CN[C@H]2C[C@@H](C(=O)NCc3cccnc3)N(Cc3ccccc3)C2)CC1. The Morgan fingerprint density at radius 3 is 2.67 bits per heavy atom. The Bertz CT molecular complexity index is 956. The van der Waals surface area contributed by atoms with E-state index in [0.29, 0.717) is 18.5 Å². The fraction of sp³-hybridized carbons (Fsp3) is 0.429. The molecule has 1 aliphatic carbocycles. The van der Waals surface area contributed by atoms with Crippen LogP contribution in [-0.2, 0) is 17.9 Å². The number of carbonyl (C=O) groups excluding carboxylic acids is 1. The van der Waals surface area contributed by atoms with E-state index in [2.05, 4.69) is 64.4 Å². The fourth-order valence-corrected chi connectivity index (χ4v) is 4.90. The van der Waals surface area contributed by atoms with Crippen molar-refractivity contribution in [1.82, 2.24) is 20.5 Å². The highest BCUT2D eigenvalue weighted by atomic mass is 16.2. The van der Waals surface area contributed by atoms with Crippen LogP contribution < -0.4 is 10.6 Å². The van der Waals surface area contributed by atoms with Gasteiger partial charge in [0.1, 0.15) is 0 Å². The molecule has 1 aliphatic heterocycles. The maximum Gasteiger partial charge on any atom is 0.237 e. The molecule has 2 heterocycles. The maximum absolute atomic E-state index is 13.2. The van der Waals surface area contributed by atoms with Crippen molar-refractivity contribution in [3.63, 3.8) is 0 Å². The molecule has 1 saturated heterocycles. The van der Waals surface area contributed by atoms with Crippen molar-refractivity contribution in [2.45, 2.75) is 57.8 Å². The topological polar surface area (TPSA) is 57.3 Å². The number of allylic oxidation sites excluding steroid dienone is 2. The van der Waals surface area contributed by atoms with E-state index in [-0.39, 0.29) is 11.9 Å². The zero-order valence-electron chi connectivity index (χ0n) is 19.7. The summed E-state index contributed by atoms with van der Waals surface area (Å²) in [4.78, 5) is 19.6. The molecule has 1 aromatic carbocycles. The zero-order chi connectivity index (χ0) is 23.0. The minimum atomic E-state index is -0.132. The molecule has 1 amide bonds. The van der Waals surface area contributed by atoms with Gasteiger partial charge in [-0.2, -0.15) is 0 Å². The lowest BCUT2D eigenvalue weighted by molar-refractivity contribution is -0.125. The van der Waals surface area contributed by atoms with Crippen LogP contribution in [0.2, 0.25) is 0 Å². The van der Waals surface area contributed by atoms with Crippen molar-refractivity contribution in [3.05, 3.63) is 89.8 Å². The average Bonchev–Trinajstić information content (AvgIpc) is 3.25. The summed E-state index contributed by atoms with van der Waals surface area (Å²) in [5.41, 5.74) is 5.05. The van der Waals surface area contributed by atoms with Gasteiger partial charge in [0.15, 0.2) is 0 Å². The van der Waals surface area contributed by atoms with Gasteiger partial charge >= 0.3 is 0 Å². The van der Waals surface area contributed by atoms with Crippen LogP contribution in [-0.4, -0.2) is 41.0 Å². The number of carbonyl (C=O) groups is 1. The predicted molar refractivity (Wildman–Crippen MR) is 133 cm³/mol. The first kappa shape index (κ1) is 23.4. The first-order valence-electron chi connectivity index (χ1n) is 12.1. The Hall–Kier alpha value is -2.76. The highest BCUT2D eigenvalue weighted by Gasteiger charge is 2.36. The molecule has 5 nitrogen and oxygen atoms in total. The first-order chi connectivity index (χ1) is 16.1.